The van der Waals surface area contributed by atoms with E-state index in [4.69, 9.17) is 27.8 Å². The van der Waals surface area contributed by atoms with Gasteiger partial charge < -0.3 is 41.1 Å². The summed E-state index contributed by atoms with van der Waals surface area (Å²) in [5.74, 6) is 0.974. The monoisotopic (exact) mass is 1190 g/mol. The molecule has 9 nitrogen and oxygen atoms in total. The molecule has 0 amide bonds. The van der Waals surface area contributed by atoms with Gasteiger partial charge in [-0.3, -0.25) is 4.79 Å². The zero-order valence-corrected chi connectivity index (χ0v) is 48.8. The van der Waals surface area contributed by atoms with E-state index in [2.05, 4.69) is 0 Å². The Morgan fingerprint density at radius 3 is 1.34 bits per heavy atom. The molecule has 85 heavy (non-hydrogen) atoms. The molecule has 16 heteroatoms. The van der Waals surface area contributed by atoms with Gasteiger partial charge in [0.2, 0.25) is 0 Å². The second-order valence-corrected chi connectivity index (χ2v) is 23.7. The minimum absolute atomic E-state index is 0. The predicted octanol–water partition coefficient (Wildman–Crippen LogP) is 13.2. The van der Waals surface area contributed by atoms with Gasteiger partial charge in [0.05, 0.1) is 43.4 Å². The highest BCUT2D eigenvalue weighted by atomic mass is 35.5. The Morgan fingerprint density at radius 2 is 0.929 bits per heavy atom. The second-order valence-electron chi connectivity index (χ2n) is 23.2. The molecule has 462 valence electrons. The van der Waals surface area contributed by atoms with Gasteiger partial charge >= 0.3 is 0 Å². The highest BCUT2D eigenvalue weighted by molar-refractivity contribution is 6.66. The van der Waals surface area contributed by atoms with Crippen LogP contribution in [0.3, 0.4) is 0 Å². The number of rotatable bonds is 22. The molecule has 1 fully saturated rings. The number of carbonyl (C=O) groups is 3. The van der Waals surface area contributed by atoms with Crippen molar-refractivity contribution in [2.75, 3.05) is 13.2 Å². The van der Waals surface area contributed by atoms with Crippen molar-refractivity contribution in [2.24, 2.45) is 29.2 Å². The summed E-state index contributed by atoms with van der Waals surface area (Å²) < 4.78 is 57.5. The number of ether oxygens (including phenoxy) is 1. The first-order chi connectivity index (χ1) is 40.1. The van der Waals surface area contributed by atoms with Crippen LogP contribution in [-0.2, 0) is 65.7 Å². The summed E-state index contributed by atoms with van der Waals surface area (Å²) in [6.45, 7) is 1.23. The lowest BCUT2D eigenvalue weighted by molar-refractivity contribution is 0.0925. The van der Waals surface area contributed by atoms with Gasteiger partial charge in [-0.05, 0) is 270 Å². The molecule has 2 radical (unpaired) electrons. The number of ketones is 1. The van der Waals surface area contributed by atoms with Crippen molar-refractivity contribution in [3.8, 4) is 0 Å². The molecular formula is C69H93B2ClF4N2O7. The number of halogens is 5. The van der Waals surface area contributed by atoms with Crippen LogP contribution in [0.15, 0.2) is 97.1 Å². The molecule has 8 unspecified atom stereocenters. The van der Waals surface area contributed by atoms with E-state index >= 15 is 0 Å². The Hall–Kier alpha value is -4.99. The third kappa shape index (κ3) is 26.9. The van der Waals surface area contributed by atoms with Crippen LogP contribution < -0.4 is 11.5 Å². The maximum absolute atomic E-state index is 13.4. The number of epoxide rings is 1. The number of aryl methyl sites for hydroxylation is 4. The summed E-state index contributed by atoms with van der Waals surface area (Å²) in [4.78, 5) is 32.0. The van der Waals surface area contributed by atoms with Crippen LogP contribution >= 0.6 is 11.6 Å². The van der Waals surface area contributed by atoms with Crippen molar-refractivity contribution < 1.29 is 52.0 Å². The molecule has 1 saturated heterocycles. The first-order valence-electron chi connectivity index (χ1n) is 30.1. The summed E-state index contributed by atoms with van der Waals surface area (Å²) in [5, 5.41) is 30.1. The van der Waals surface area contributed by atoms with Crippen LogP contribution in [0.5, 0.6) is 0 Å². The van der Waals surface area contributed by atoms with Crippen molar-refractivity contribution >= 4 is 44.3 Å². The average Bonchev–Trinajstić information content (AvgIpc) is 4.42. The zero-order valence-electron chi connectivity index (χ0n) is 48.1. The van der Waals surface area contributed by atoms with Gasteiger partial charge in [-0.2, -0.15) is 0 Å². The van der Waals surface area contributed by atoms with Gasteiger partial charge in [0.1, 0.15) is 23.3 Å². The second kappa shape index (κ2) is 39.0. The number of benzene rings is 5. The molecule has 1 aliphatic heterocycles. The molecule has 5 aromatic rings. The fraction of sp³-hybridized carbons (Fsp3) is 0.522. The molecule has 5 aromatic carbocycles. The van der Waals surface area contributed by atoms with Gasteiger partial charge in [0, 0.05) is 29.6 Å². The normalized spacial score (nSPS) is 19.5. The standard InChI is InChI=1S/C22H24ClFO2.C16H21BFO2.C14H20FNO.C10H12FN.C5H8BO2.2CH4/c23-19-7-4-17(5-8-19)22(26)12-11-21(25)10-2-15-1-3-16-6-9-20(24)14-18(16)13-15;18-15-5-4-13-3-1-12(9-14(13)10-15)2-6-16(20)7-8-17-11-19;15-13-5-4-11-3-1-10(7-12(11)8-13)2-6-14(17)9-16;11-9-3-1-7-2-4-10(12)6-8(7)5-9;7-4-6-2-1-5-3-8-5;;/h4-9,14-15,21,25H,1-3,10-13H2;4-5,10-12,16,20H,1-3,6-9H2;4-5,8,10,14,17H,1-3,6-7,9,16H2;1,3,5,10H,2,4,6,12H2;4-5H,1-3H2;2*1H4. The van der Waals surface area contributed by atoms with E-state index in [0.29, 0.717) is 73.0 Å². The lowest BCUT2D eigenvalue weighted by Gasteiger charge is -2.25. The first kappa shape index (κ1) is 72.5. The van der Waals surface area contributed by atoms with Crippen molar-refractivity contribution in [2.45, 2.75) is 199 Å². The van der Waals surface area contributed by atoms with Crippen LogP contribution in [0, 0.1) is 41.0 Å². The van der Waals surface area contributed by atoms with E-state index in [1.54, 1.807) is 63.1 Å². The smallest absolute Gasteiger partial charge is 0.197 e. The average molecular weight is 1200 g/mol. The molecule has 10 rings (SSSR count). The van der Waals surface area contributed by atoms with Crippen LogP contribution in [0.1, 0.15) is 160 Å². The number of aliphatic hydroxyl groups excluding tert-OH is 3. The Morgan fingerprint density at radius 1 is 0.541 bits per heavy atom. The predicted molar refractivity (Wildman–Crippen MR) is 339 cm³/mol. The topological polar surface area (TPSA) is 176 Å². The molecular weight excluding hydrogens is 1100 g/mol. The third-order valence-corrected chi connectivity index (χ3v) is 17.0. The summed E-state index contributed by atoms with van der Waals surface area (Å²) in [6, 6.07) is 27.3. The molecule has 0 aromatic heterocycles. The number of aliphatic hydroxyl groups is 3. The maximum Gasteiger partial charge on any atom is 0.197 e. The number of hydrogen-bond donors (Lipinski definition) is 5. The molecule has 0 spiro atoms. The van der Waals surface area contributed by atoms with Gasteiger partial charge in [-0.15, -0.1) is 0 Å². The van der Waals surface area contributed by atoms with E-state index in [1.165, 1.54) is 46.5 Å². The van der Waals surface area contributed by atoms with Crippen molar-refractivity contribution in [1.29, 1.82) is 0 Å². The molecule has 8 atom stereocenters. The number of carbonyl (C=O) groups excluding carboxylic acids is 3. The van der Waals surface area contributed by atoms with Gasteiger partial charge in [-0.25, -0.2) is 17.6 Å². The molecule has 0 bridgehead atoms. The third-order valence-electron chi connectivity index (χ3n) is 16.7. The summed E-state index contributed by atoms with van der Waals surface area (Å²) in [6.07, 6.45) is 21.9. The summed E-state index contributed by atoms with van der Waals surface area (Å²) in [5.41, 5.74) is 21.3. The number of fused-ring (bicyclic) bond motifs is 4. The van der Waals surface area contributed by atoms with Crippen LogP contribution in [0.25, 0.3) is 0 Å². The van der Waals surface area contributed by atoms with E-state index in [9.17, 15) is 47.3 Å². The zero-order chi connectivity index (χ0) is 59.5. The summed E-state index contributed by atoms with van der Waals surface area (Å²) in [7, 11) is 3.17. The minimum Gasteiger partial charge on any atom is -0.393 e. The number of Topliss-reactive ketones (excluding diaryl/α,β-unsaturated/α-hetero) is 1. The highest BCUT2D eigenvalue weighted by Gasteiger charge is 2.24. The lowest BCUT2D eigenvalue weighted by Crippen LogP contribution is -2.27. The molecule has 4 aliphatic carbocycles. The fourth-order valence-electron chi connectivity index (χ4n) is 11.6. The Kier molecular flexibility index (Phi) is 33.3. The lowest BCUT2D eigenvalue weighted by atomic mass is 9.74. The van der Waals surface area contributed by atoms with Crippen LogP contribution in [0.4, 0.5) is 17.6 Å². The van der Waals surface area contributed by atoms with Gasteiger partial charge in [-0.1, -0.05) is 63.4 Å². The van der Waals surface area contributed by atoms with Crippen molar-refractivity contribution in [1.82, 2.24) is 0 Å². The van der Waals surface area contributed by atoms with E-state index in [-0.39, 0.29) is 62.2 Å². The SMILES string of the molecule is C.C.NC1CCc2ccc(F)cc2C1.NCC(O)CCC1CCc2ccc(F)cc2C1.O=C(CCC(O)CCC1CCc2ccc(F)cc2C1)c1ccc(Cl)cc1.O=C[B]CCC(O)CCC1CCc2ccc(F)cc2C1.O=C[B]CCC1CO1. The van der Waals surface area contributed by atoms with Crippen molar-refractivity contribution in [3.63, 3.8) is 0 Å². The van der Waals surface area contributed by atoms with Crippen LogP contribution in [-0.4, -0.2) is 91.6 Å². The first-order valence-corrected chi connectivity index (χ1v) is 30.5. The van der Waals surface area contributed by atoms with Gasteiger partial charge in [0.25, 0.3) is 0 Å². The molecule has 7 N–H and O–H groups in total. The van der Waals surface area contributed by atoms with Crippen molar-refractivity contribution in [3.05, 3.63) is 175 Å². The number of nitrogens with two attached hydrogens (primary N) is 2. The molecule has 1 heterocycles. The Balaban J connectivity index is 0.000000237. The Labute approximate surface area is 510 Å². The van der Waals surface area contributed by atoms with E-state index in [0.717, 1.165) is 163 Å². The maximum atomic E-state index is 13.4. The number of hydrogen-bond acceptors (Lipinski definition) is 9. The van der Waals surface area contributed by atoms with E-state index in [1.807, 2.05) is 24.3 Å². The minimum atomic E-state index is -0.472. The quantitative estimate of drug-likeness (QED) is 0.0113. The Bertz CT molecular complexity index is 2770. The molecule has 0 saturated carbocycles. The van der Waals surface area contributed by atoms with Crippen LogP contribution in [0.2, 0.25) is 17.7 Å². The largest absolute Gasteiger partial charge is 0.393 e. The van der Waals surface area contributed by atoms with E-state index < -0.39 is 6.10 Å². The summed E-state index contributed by atoms with van der Waals surface area (Å²) >= 11 is 5.83. The van der Waals surface area contributed by atoms with Gasteiger partial charge in [0.15, 0.2) is 20.3 Å². The molecule has 5 aliphatic rings. The highest BCUT2D eigenvalue weighted by Crippen LogP contribution is 2.33. The fourth-order valence-corrected chi connectivity index (χ4v) is 11.7.